The fourth-order valence-corrected chi connectivity index (χ4v) is 7.99. The molecule has 0 aromatic carbocycles. The van der Waals surface area contributed by atoms with Crippen LogP contribution in [0.4, 0.5) is 0 Å². The topological polar surface area (TPSA) is 120 Å². The normalized spacial score (nSPS) is 47.3. The molecule has 35 heavy (non-hydrogen) atoms. The maximum atomic E-state index is 13.2. The van der Waals surface area contributed by atoms with Crippen LogP contribution >= 0.6 is 0 Å². The van der Waals surface area contributed by atoms with Crippen LogP contribution in [0.2, 0.25) is 0 Å². The molecule has 4 bridgehead atoms. The molecule has 0 spiro atoms. The number of imide groups is 2. The first kappa shape index (κ1) is 23.1. The molecule has 6 rings (SSSR count). The third-order valence-electron chi connectivity index (χ3n) is 10.6. The zero-order valence-corrected chi connectivity index (χ0v) is 20.6. The van der Waals surface area contributed by atoms with E-state index in [0.29, 0.717) is 0 Å². The van der Waals surface area contributed by atoms with Crippen LogP contribution in [0.3, 0.4) is 0 Å². The van der Waals surface area contributed by atoms with Crippen LogP contribution in [0.5, 0.6) is 0 Å². The Hall–Kier alpha value is -2.33. The van der Waals surface area contributed by atoms with Crippen molar-refractivity contribution in [2.24, 2.45) is 21.7 Å². The minimum atomic E-state index is -0.902. The number of carbonyl (C=O) groups is 5. The Morgan fingerprint density at radius 2 is 1.06 bits per heavy atom. The molecule has 8 atom stereocenters. The summed E-state index contributed by atoms with van der Waals surface area (Å²) in [6, 6.07) is 0. The van der Waals surface area contributed by atoms with Crippen LogP contribution in [-0.4, -0.2) is 83.5 Å². The summed E-state index contributed by atoms with van der Waals surface area (Å²) >= 11 is 0. The van der Waals surface area contributed by atoms with E-state index >= 15 is 0 Å². The molecule has 4 amide bonds. The van der Waals surface area contributed by atoms with Gasteiger partial charge in [-0.25, -0.2) is 0 Å². The van der Waals surface area contributed by atoms with Crippen molar-refractivity contribution < 1.29 is 38.2 Å². The van der Waals surface area contributed by atoms with Gasteiger partial charge in [0.1, 0.15) is 6.61 Å². The van der Waals surface area contributed by atoms with Crippen LogP contribution in [-0.2, 0) is 38.2 Å². The van der Waals surface area contributed by atoms with Gasteiger partial charge in [-0.2, -0.15) is 0 Å². The van der Waals surface area contributed by atoms with Crippen molar-refractivity contribution >= 4 is 29.6 Å². The van der Waals surface area contributed by atoms with E-state index < -0.39 is 27.6 Å². The minimum Gasteiger partial charge on any atom is -0.464 e. The van der Waals surface area contributed by atoms with E-state index in [2.05, 4.69) is 0 Å². The van der Waals surface area contributed by atoms with Crippen molar-refractivity contribution in [3.05, 3.63) is 0 Å². The molecular weight excluding hydrogens is 456 g/mol. The molecule has 190 valence electrons. The predicted molar refractivity (Wildman–Crippen MR) is 117 cm³/mol. The van der Waals surface area contributed by atoms with E-state index in [1.54, 1.807) is 27.7 Å². The number of hydrogen-bond donors (Lipinski definition) is 0. The molecule has 0 saturated carbocycles. The van der Waals surface area contributed by atoms with E-state index in [9.17, 15) is 24.0 Å². The number of amides is 4. The number of hydrogen-bond acceptors (Lipinski definition) is 8. The summed E-state index contributed by atoms with van der Waals surface area (Å²) in [6.07, 6.45) is 1.82. The SMILES string of the molecule is C[C@@]12C(=O)N(CCOC(=O)CCN3C(=O)[C@@]4(C)C5CCC(O5)[C@@]4(C)C3=O)C(=O)[C@]1(C)C1CCC2O1. The van der Waals surface area contributed by atoms with Crippen LogP contribution in [0.25, 0.3) is 0 Å². The quantitative estimate of drug-likeness (QED) is 0.398. The van der Waals surface area contributed by atoms with Crippen LogP contribution in [0.15, 0.2) is 0 Å². The molecule has 6 saturated heterocycles. The molecule has 0 aromatic rings. The Kier molecular flexibility index (Phi) is 4.56. The average molecular weight is 489 g/mol. The highest BCUT2D eigenvalue weighted by Gasteiger charge is 2.78. The van der Waals surface area contributed by atoms with Gasteiger partial charge in [0.25, 0.3) is 0 Å². The lowest BCUT2D eigenvalue weighted by atomic mass is 9.59. The molecule has 10 heteroatoms. The van der Waals surface area contributed by atoms with Gasteiger partial charge >= 0.3 is 5.97 Å². The molecule has 6 aliphatic heterocycles. The van der Waals surface area contributed by atoms with Crippen molar-refractivity contribution in [2.75, 3.05) is 19.7 Å². The summed E-state index contributed by atoms with van der Waals surface area (Å²) in [5.41, 5.74) is -3.58. The highest BCUT2D eigenvalue weighted by molar-refractivity contribution is 6.11. The molecule has 10 nitrogen and oxygen atoms in total. The fraction of sp³-hybridized carbons (Fsp3) is 0.800. The highest BCUT2D eigenvalue weighted by atomic mass is 16.5. The van der Waals surface area contributed by atoms with Crippen LogP contribution < -0.4 is 0 Å². The van der Waals surface area contributed by atoms with Crippen LogP contribution in [0, 0.1) is 21.7 Å². The first-order valence-corrected chi connectivity index (χ1v) is 12.6. The number of esters is 1. The third-order valence-corrected chi connectivity index (χ3v) is 10.6. The molecule has 0 aromatic heterocycles. The second-order valence-corrected chi connectivity index (χ2v) is 11.7. The van der Waals surface area contributed by atoms with Crippen molar-refractivity contribution in [1.82, 2.24) is 9.80 Å². The smallest absolute Gasteiger partial charge is 0.307 e. The Bertz CT molecular complexity index is 1010. The zero-order valence-electron chi connectivity index (χ0n) is 20.6. The fourth-order valence-electron chi connectivity index (χ4n) is 7.99. The number of carbonyl (C=O) groups excluding carboxylic acids is 5. The molecule has 6 heterocycles. The van der Waals surface area contributed by atoms with Crippen molar-refractivity contribution in [2.45, 2.75) is 84.2 Å². The Morgan fingerprint density at radius 3 is 1.43 bits per heavy atom. The summed E-state index contributed by atoms with van der Waals surface area (Å²) < 4.78 is 17.1. The summed E-state index contributed by atoms with van der Waals surface area (Å²) in [6.45, 7) is 7.00. The molecule has 0 radical (unpaired) electrons. The molecule has 6 aliphatic rings. The lowest BCUT2D eigenvalue weighted by Crippen LogP contribution is -2.48. The van der Waals surface area contributed by atoms with Gasteiger partial charge in [0, 0.05) is 6.54 Å². The first-order chi connectivity index (χ1) is 16.4. The van der Waals surface area contributed by atoms with Gasteiger partial charge in [-0.05, 0) is 53.4 Å². The van der Waals surface area contributed by atoms with Crippen LogP contribution in [0.1, 0.15) is 59.8 Å². The number of nitrogens with zero attached hydrogens (tertiary/aromatic N) is 2. The van der Waals surface area contributed by atoms with E-state index in [1.807, 2.05) is 0 Å². The van der Waals surface area contributed by atoms with Gasteiger partial charge < -0.3 is 14.2 Å². The van der Waals surface area contributed by atoms with Gasteiger partial charge in [-0.1, -0.05) is 0 Å². The zero-order chi connectivity index (χ0) is 25.1. The second-order valence-electron chi connectivity index (χ2n) is 11.7. The summed E-state index contributed by atoms with van der Waals surface area (Å²) in [4.78, 5) is 67.5. The van der Waals surface area contributed by atoms with Crippen molar-refractivity contribution in [1.29, 1.82) is 0 Å². The second kappa shape index (κ2) is 6.91. The number of ether oxygens (including phenoxy) is 3. The van der Waals surface area contributed by atoms with Gasteiger partial charge in [0.05, 0.1) is 59.0 Å². The van der Waals surface area contributed by atoms with E-state index in [0.717, 1.165) is 25.7 Å². The lowest BCUT2D eigenvalue weighted by Gasteiger charge is -2.36. The molecule has 6 fully saturated rings. The maximum Gasteiger partial charge on any atom is 0.307 e. The lowest BCUT2D eigenvalue weighted by molar-refractivity contribution is -0.152. The van der Waals surface area contributed by atoms with Crippen molar-refractivity contribution in [3.8, 4) is 0 Å². The monoisotopic (exact) mass is 488 g/mol. The Balaban J connectivity index is 1.05. The van der Waals surface area contributed by atoms with Gasteiger partial charge in [-0.3, -0.25) is 33.8 Å². The maximum absolute atomic E-state index is 13.2. The Labute approximate surface area is 203 Å². The van der Waals surface area contributed by atoms with E-state index in [1.165, 1.54) is 9.80 Å². The van der Waals surface area contributed by atoms with E-state index in [4.69, 9.17) is 14.2 Å². The molecule has 4 unspecified atom stereocenters. The number of likely N-dealkylation sites (tertiary alicyclic amines) is 2. The third kappa shape index (κ3) is 2.36. The molecular formula is C25H32N2O8. The minimum absolute atomic E-state index is 0.0214. The largest absolute Gasteiger partial charge is 0.464 e. The Morgan fingerprint density at radius 1 is 0.714 bits per heavy atom. The summed E-state index contributed by atoms with van der Waals surface area (Å²) in [5.74, 6) is -1.71. The molecule has 0 aliphatic carbocycles. The highest BCUT2D eigenvalue weighted by Crippen LogP contribution is 2.65. The summed E-state index contributed by atoms with van der Waals surface area (Å²) in [5, 5.41) is 0. The van der Waals surface area contributed by atoms with Crippen molar-refractivity contribution in [3.63, 3.8) is 0 Å². The van der Waals surface area contributed by atoms with Gasteiger partial charge in [0.2, 0.25) is 23.6 Å². The predicted octanol–water partition coefficient (Wildman–Crippen LogP) is 0.805. The first-order valence-electron chi connectivity index (χ1n) is 12.6. The van der Waals surface area contributed by atoms with Gasteiger partial charge in [-0.15, -0.1) is 0 Å². The summed E-state index contributed by atoms with van der Waals surface area (Å²) in [7, 11) is 0. The number of fused-ring (bicyclic) bond motifs is 10. The average Bonchev–Trinajstić information content (AvgIpc) is 3.63. The molecule has 0 N–H and O–H groups in total. The standard InChI is InChI=1S/C25H32N2O8/c1-22-13-5-6-14(34-13)23(22,2)19(30)26(18(22)29)10-9-17(28)33-12-11-27-20(31)24(3)15-7-8-16(35-15)25(24,4)21(27)32/h13-16H,5-12H2,1-4H3/t13?,14?,15?,16?,22-,23+,24-,25+. The van der Waals surface area contributed by atoms with Gasteiger partial charge in [0.15, 0.2) is 0 Å². The number of rotatable bonds is 6. The van der Waals surface area contributed by atoms with E-state index in [-0.39, 0.29) is 74.2 Å².